The number of nitrogens with zero attached hydrogens (tertiary/aromatic N) is 4. The molecule has 0 spiro atoms. The minimum absolute atomic E-state index is 0.656. The fraction of sp³-hybridized carbons (Fsp3) is 0.467. The fourth-order valence-corrected chi connectivity index (χ4v) is 2.86. The van der Waals surface area contributed by atoms with Crippen LogP contribution >= 0.6 is 12.2 Å². The van der Waals surface area contributed by atoms with E-state index in [-0.39, 0.29) is 0 Å². The SMILES string of the molecule is Cc1ccc(-n2c(CN3CCN(C)CC3)n[nH]c2=S)cc1. The van der Waals surface area contributed by atoms with Crippen molar-refractivity contribution in [2.75, 3.05) is 33.2 Å². The van der Waals surface area contributed by atoms with Crippen LogP contribution in [0.2, 0.25) is 0 Å². The van der Waals surface area contributed by atoms with E-state index < -0.39 is 0 Å². The summed E-state index contributed by atoms with van der Waals surface area (Å²) >= 11 is 5.39. The Kier molecular flexibility index (Phi) is 4.19. The van der Waals surface area contributed by atoms with Crippen molar-refractivity contribution < 1.29 is 0 Å². The van der Waals surface area contributed by atoms with Gasteiger partial charge in [-0.25, -0.2) is 0 Å². The van der Waals surface area contributed by atoms with Crippen LogP contribution in [0, 0.1) is 11.7 Å². The van der Waals surface area contributed by atoms with E-state index in [9.17, 15) is 0 Å². The van der Waals surface area contributed by atoms with E-state index in [0.29, 0.717) is 4.77 Å². The summed E-state index contributed by atoms with van der Waals surface area (Å²) in [5.41, 5.74) is 2.32. The highest BCUT2D eigenvalue weighted by atomic mass is 32.1. The predicted molar refractivity (Wildman–Crippen MR) is 86.3 cm³/mol. The first-order chi connectivity index (χ1) is 10.1. The molecule has 1 fully saturated rings. The first kappa shape index (κ1) is 14.4. The van der Waals surface area contributed by atoms with Crippen LogP contribution in [-0.2, 0) is 6.54 Å². The minimum Gasteiger partial charge on any atom is -0.304 e. The number of benzene rings is 1. The topological polar surface area (TPSA) is 40.1 Å². The molecule has 0 unspecified atom stereocenters. The molecule has 0 radical (unpaired) electrons. The summed E-state index contributed by atoms with van der Waals surface area (Å²) in [6, 6.07) is 8.38. The van der Waals surface area contributed by atoms with Gasteiger partial charge in [-0.15, -0.1) is 0 Å². The lowest BCUT2D eigenvalue weighted by Crippen LogP contribution is -2.44. The van der Waals surface area contributed by atoms with E-state index in [0.717, 1.165) is 44.2 Å². The fourth-order valence-electron chi connectivity index (χ4n) is 2.60. The molecule has 0 amide bonds. The monoisotopic (exact) mass is 303 g/mol. The molecular formula is C15H21N5S. The summed E-state index contributed by atoms with van der Waals surface area (Å²) in [6.07, 6.45) is 0. The third-order valence-corrected chi connectivity index (χ3v) is 4.27. The quantitative estimate of drug-likeness (QED) is 0.880. The lowest BCUT2D eigenvalue weighted by atomic mass is 10.2. The molecule has 21 heavy (non-hydrogen) atoms. The molecule has 0 aliphatic carbocycles. The molecule has 0 saturated carbocycles. The maximum absolute atomic E-state index is 5.39. The number of nitrogens with one attached hydrogen (secondary N) is 1. The van der Waals surface area contributed by atoms with E-state index in [1.54, 1.807) is 0 Å². The Bertz CT molecular complexity index is 649. The molecule has 1 aliphatic rings. The molecule has 1 saturated heterocycles. The molecular weight excluding hydrogens is 282 g/mol. The third kappa shape index (κ3) is 3.23. The summed E-state index contributed by atoms with van der Waals surface area (Å²) < 4.78 is 2.69. The number of likely N-dealkylation sites (N-methyl/N-ethyl adjacent to an activating group) is 1. The Labute approximate surface area is 130 Å². The van der Waals surface area contributed by atoms with E-state index in [4.69, 9.17) is 12.2 Å². The molecule has 1 aromatic heterocycles. The van der Waals surface area contributed by atoms with Crippen LogP contribution in [0.5, 0.6) is 0 Å². The summed E-state index contributed by atoms with van der Waals surface area (Å²) in [6.45, 7) is 7.28. The van der Waals surface area contributed by atoms with E-state index in [1.165, 1.54) is 5.56 Å². The van der Waals surface area contributed by atoms with Gasteiger partial charge in [0.25, 0.3) is 0 Å². The van der Waals surface area contributed by atoms with E-state index >= 15 is 0 Å². The number of rotatable bonds is 3. The zero-order valence-electron chi connectivity index (χ0n) is 12.5. The number of hydrogen-bond acceptors (Lipinski definition) is 4. The standard InChI is InChI=1S/C15H21N5S/c1-12-3-5-13(6-4-12)20-14(16-17-15(20)21)11-19-9-7-18(2)8-10-19/h3-6H,7-11H2,1-2H3,(H,17,21). The van der Waals surface area contributed by atoms with Crippen LogP contribution in [0.15, 0.2) is 24.3 Å². The minimum atomic E-state index is 0.656. The molecule has 2 heterocycles. The van der Waals surface area contributed by atoms with Crippen LogP contribution in [0.3, 0.4) is 0 Å². The second kappa shape index (κ2) is 6.09. The summed E-state index contributed by atoms with van der Waals surface area (Å²) in [5.74, 6) is 0.980. The second-order valence-electron chi connectivity index (χ2n) is 5.70. The van der Waals surface area contributed by atoms with Gasteiger partial charge in [0, 0.05) is 31.9 Å². The van der Waals surface area contributed by atoms with Crippen LogP contribution in [-0.4, -0.2) is 57.8 Å². The summed E-state index contributed by atoms with van der Waals surface area (Å²) in [5, 5.41) is 7.35. The molecule has 1 N–H and O–H groups in total. The molecule has 5 nitrogen and oxygen atoms in total. The van der Waals surface area contributed by atoms with Gasteiger partial charge in [-0.2, -0.15) is 5.10 Å². The van der Waals surface area contributed by atoms with Crippen LogP contribution in [0.4, 0.5) is 0 Å². The molecule has 0 bridgehead atoms. The summed E-state index contributed by atoms with van der Waals surface area (Å²) in [7, 11) is 2.17. The van der Waals surface area contributed by atoms with Crippen LogP contribution in [0.1, 0.15) is 11.4 Å². The average molecular weight is 303 g/mol. The van der Waals surface area contributed by atoms with Crippen LogP contribution < -0.4 is 0 Å². The average Bonchev–Trinajstić information content (AvgIpc) is 2.83. The van der Waals surface area contributed by atoms with Crippen molar-refractivity contribution in [1.29, 1.82) is 0 Å². The van der Waals surface area contributed by atoms with E-state index in [2.05, 4.69) is 58.2 Å². The van der Waals surface area contributed by atoms with Crippen molar-refractivity contribution in [1.82, 2.24) is 24.6 Å². The van der Waals surface area contributed by atoms with Crippen molar-refractivity contribution in [2.45, 2.75) is 13.5 Å². The number of hydrogen-bond donors (Lipinski definition) is 1. The van der Waals surface area contributed by atoms with Gasteiger partial charge in [-0.05, 0) is 38.3 Å². The van der Waals surface area contributed by atoms with Crippen molar-refractivity contribution in [3.05, 3.63) is 40.4 Å². The Hall–Kier alpha value is -1.50. The number of H-pyrrole nitrogens is 1. The first-order valence-electron chi connectivity index (χ1n) is 7.28. The lowest BCUT2D eigenvalue weighted by Gasteiger charge is -2.31. The highest BCUT2D eigenvalue weighted by Gasteiger charge is 2.17. The highest BCUT2D eigenvalue weighted by Crippen LogP contribution is 2.14. The molecule has 6 heteroatoms. The van der Waals surface area contributed by atoms with Gasteiger partial charge in [0.2, 0.25) is 0 Å². The highest BCUT2D eigenvalue weighted by molar-refractivity contribution is 7.71. The van der Waals surface area contributed by atoms with Crippen molar-refractivity contribution >= 4 is 12.2 Å². The van der Waals surface area contributed by atoms with Gasteiger partial charge in [0.15, 0.2) is 4.77 Å². The van der Waals surface area contributed by atoms with Crippen LogP contribution in [0.25, 0.3) is 5.69 Å². The normalized spacial score (nSPS) is 17.2. The Balaban J connectivity index is 1.83. The molecule has 1 aromatic carbocycles. The first-order valence-corrected chi connectivity index (χ1v) is 7.68. The number of aromatic nitrogens is 3. The molecule has 2 aromatic rings. The maximum atomic E-state index is 5.39. The molecule has 112 valence electrons. The zero-order valence-corrected chi connectivity index (χ0v) is 13.4. The van der Waals surface area contributed by atoms with E-state index in [1.807, 2.05) is 4.57 Å². The van der Waals surface area contributed by atoms with Gasteiger partial charge < -0.3 is 4.90 Å². The van der Waals surface area contributed by atoms with Crippen molar-refractivity contribution in [3.8, 4) is 5.69 Å². The van der Waals surface area contributed by atoms with Gasteiger partial charge in [0.05, 0.1) is 6.54 Å². The molecule has 1 aliphatic heterocycles. The van der Waals surface area contributed by atoms with Crippen molar-refractivity contribution in [2.24, 2.45) is 0 Å². The van der Waals surface area contributed by atoms with Gasteiger partial charge in [-0.3, -0.25) is 14.6 Å². The Morgan fingerprint density at radius 2 is 1.81 bits per heavy atom. The smallest absolute Gasteiger partial charge is 0.199 e. The molecule has 0 atom stereocenters. The zero-order chi connectivity index (χ0) is 14.8. The number of aromatic amines is 1. The largest absolute Gasteiger partial charge is 0.304 e. The Morgan fingerprint density at radius 3 is 2.48 bits per heavy atom. The summed E-state index contributed by atoms with van der Waals surface area (Å²) in [4.78, 5) is 4.78. The second-order valence-corrected chi connectivity index (χ2v) is 6.08. The Morgan fingerprint density at radius 1 is 1.14 bits per heavy atom. The lowest BCUT2D eigenvalue weighted by molar-refractivity contribution is 0.145. The third-order valence-electron chi connectivity index (χ3n) is 3.99. The van der Waals surface area contributed by atoms with Gasteiger partial charge in [-0.1, -0.05) is 17.7 Å². The number of piperazine rings is 1. The van der Waals surface area contributed by atoms with Gasteiger partial charge in [0.1, 0.15) is 5.82 Å². The maximum Gasteiger partial charge on any atom is 0.199 e. The van der Waals surface area contributed by atoms with Crippen molar-refractivity contribution in [3.63, 3.8) is 0 Å². The predicted octanol–water partition coefficient (Wildman–Crippen LogP) is 1.99. The molecule has 3 rings (SSSR count). The number of aryl methyl sites for hydroxylation is 1. The van der Waals surface area contributed by atoms with Gasteiger partial charge >= 0.3 is 0 Å².